The molecule has 3 N–H and O–H groups in total. The minimum atomic E-state index is -4.33. The maximum Gasteiger partial charge on any atom is 0.416 e. The largest absolute Gasteiger partial charge is 0.416 e. The number of alkyl halides is 3. The summed E-state index contributed by atoms with van der Waals surface area (Å²) < 4.78 is 38.0. The quantitative estimate of drug-likeness (QED) is 0.338. The summed E-state index contributed by atoms with van der Waals surface area (Å²) in [6.07, 6.45) is 0.511. The molecule has 0 bridgehead atoms. The van der Waals surface area contributed by atoms with Gasteiger partial charge in [0.05, 0.1) is 11.3 Å². The predicted molar refractivity (Wildman–Crippen MR) is 94.6 cm³/mol. The van der Waals surface area contributed by atoms with E-state index in [1.807, 2.05) is 0 Å². The van der Waals surface area contributed by atoms with Crippen molar-refractivity contribution in [2.45, 2.75) is 45.2 Å². The van der Waals surface area contributed by atoms with Crippen molar-refractivity contribution in [2.24, 2.45) is 10.9 Å². The molecule has 25 heavy (non-hydrogen) atoms. The van der Waals surface area contributed by atoms with Gasteiger partial charge in [0.2, 0.25) is 0 Å². The first-order valence-electron chi connectivity index (χ1n) is 8.76. The molecule has 0 radical (unpaired) electrons. The van der Waals surface area contributed by atoms with E-state index in [1.165, 1.54) is 12.1 Å². The zero-order valence-corrected chi connectivity index (χ0v) is 14.7. The first-order chi connectivity index (χ1) is 12.0. The van der Waals surface area contributed by atoms with Crippen LogP contribution < -0.4 is 11.1 Å². The van der Waals surface area contributed by atoms with Gasteiger partial charge in [-0.05, 0) is 50.0 Å². The van der Waals surface area contributed by atoms with Gasteiger partial charge in [-0.3, -0.25) is 0 Å². The fraction of sp³-hybridized carbons (Fsp3) is 0.611. The van der Waals surface area contributed by atoms with Gasteiger partial charge in [0.15, 0.2) is 0 Å². The van der Waals surface area contributed by atoms with Crippen LogP contribution in [0.1, 0.15) is 50.2 Å². The minimum absolute atomic E-state index is 0.285. The number of hydrogen-bond donors (Lipinski definition) is 2. The highest BCUT2D eigenvalue weighted by Gasteiger charge is 2.30. The standard InChI is InChI=1S/C18H28F3N3O/c1-2-23-13-6-4-3-5-7-17(24-25-14-12-22)15-8-10-16(11-9-15)18(19,20)21/h8-11,23H,2-7,12-14,22H2,1H3/b24-17+. The Morgan fingerprint density at radius 3 is 2.40 bits per heavy atom. The van der Waals surface area contributed by atoms with Gasteiger partial charge in [-0.15, -0.1) is 0 Å². The summed E-state index contributed by atoms with van der Waals surface area (Å²) in [5, 5.41) is 7.34. The summed E-state index contributed by atoms with van der Waals surface area (Å²) >= 11 is 0. The van der Waals surface area contributed by atoms with Gasteiger partial charge < -0.3 is 15.9 Å². The minimum Gasteiger partial charge on any atom is -0.394 e. The molecule has 0 saturated carbocycles. The molecule has 0 spiro atoms. The maximum atomic E-state index is 12.7. The zero-order chi connectivity index (χ0) is 18.5. The molecule has 0 saturated heterocycles. The normalized spacial score (nSPS) is 12.4. The van der Waals surface area contributed by atoms with Crippen molar-refractivity contribution in [3.8, 4) is 0 Å². The van der Waals surface area contributed by atoms with Gasteiger partial charge >= 0.3 is 6.18 Å². The first kappa shape index (κ1) is 21.4. The molecule has 142 valence electrons. The summed E-state index contributed by atoms with van der Waals surface area (Å²) in [5.74, 6) is 0. The lowest BCUT2D eigenvalue weighted by molar-refractivity contribution is -0.137. The summed E-state index contributed by atoms with van der Waals surface area (Å²) in [6.45, 7) is 4.69. The monoisotopic (exact) mass is 359 g/mol. The molecular weight excluding hydrogens is 331 g/mol. The third-order valence-electron chi connectivity index (χ3n) is 3.70. The lowest BCUT2D eigenvalue weighted by Gasteiger charge is -2.10. The van der Waals surface area contributed by atoms with Crippen molar-refractivity contribution >= 4 is 5.71 Å². The molecule has 0 heterocycles. The van der Waals surface area contributed by atoms with Crippen LogP contribution in [0.15, 0.2) is 29.4 Å². The number of nitrogens with zero attached hydrogens (tertiary/aromatic N) is 1. The highest BCUT2D eigenvalue weighted by atomic mass is 19.4. The molecule has 0 aliphatic rings. The van der Waals surface area contributed by atoms with Crippen molar-refractivity contribution in [1.82, 2.24) is 5.32 Å². The SMILES string of the molecule is CCNCCCCCC/C(=N\OCCN)c1ccc(C(F)(F)F)cc1. The second kappa shape index (κ2) is 11.9. The number of rotatable bonds is 12. The van der Waals surface area contributed by atoms with E-state index in [4.69, 9.17) is 10.6 Å². The number of halogens is 3. The molecule has 4 nitrogen and oxygen atoms in total. The van der Waals surface area contributed by atoms with Crippen molar-refractivity contribution in [3.05, 3.63) is 35.4 Å². The Morgan fingerprint density at radius 1 is 1.12 bits per heavy atom. The van der Waals surface area contributed by atoms with E-state index in [2.05, 4.69) is 17.4 Å². The van der Waals surface area contributed by atoms with Gasteiger partial charge in [-0.1, -0.05) is 37.1 Å². The van der Waals surface area contributed by atoms with E-state index in [9.17, 15) is 13.2 Å². The van der Waals surface area contributed by atoms with Crippen LogP contribution in [0.25, 0.3) is 0 Å². The van der Waals surface area contributed by atoms with Crippen molar-refractivity contribution in [3.63, 3.8) is 0 Å². The molecule has 0 atom stereocenters. The summed E-state index contributed by atoms with van der Waals surface area (Å²) in [4.78, 5) is 5.14. The average Bonchev–Trinajstić information content (AvgIpc) is 2.59. The molecule has 1 rings (SSSR count). The number of nitrogens with two attached hydrogens (primary N) is 1. The molecule has 0 aromatic heterocycles. The van der Waals surface area contributed by atoms with Gasteiger partial charge in [-0.2, -0.15) is 13.2 Å². The molecule has 1 aromatic carbocycles. The van der Waals surface area contributed by atoms with E-state index in [-0.39, 0.29) is 6.61 Å². The maximum absolute atomic E-state index is 12.7. The number of hydrogen-bond acceptors (Lipinski definition) is 4. The topological polar surface area (TPSA) is 59.6 Å². The van der Waals surface area contributed by atoms with E-state index in [0.717, 1.165) is 50.9 Å². The lowest BCUT2D eigenvalue weighted by Crippen LogP contribution is -2.13. The fourth-order valence-electron chi connectivity index (χ4n) is 2.34. The Labute approximate surface area is 147 Å². The number of oxime groups is 1. The molecule has 1 aromatic rings. The van der Waals surface area contributed by atoms with Crippen LogP contribution in [0.3, 0.4) is 0 Å². The van der Waals surface area contributed by atoms with E-state index >= 15 is 0 Å². The molecule has 0 aliphatic heterocycles. The van der Waals surface area contributed by atoms with E-state index in [1.54, 1.807) is 0 Å². The van der Waals surface area contributed by atoms with Crippen LogP contribution in [0.4, 0.5) is 13.2 Å². The average molecular weight is 359 g/mol. The number of unbranched alkanes of at least 4 members (excludes halogenated alkanes) is 3. The highest BCUT2D eigenvalue weighted by Crippen LogP contribution is 2.29. The van der Waals surface area contributed by atoms with Crippen LogP contribution >= 0.6 is 0 Å². The second-order valence-electron chi connectivity index (χ2n) is 5.75. The van der Waals surface area contributed by atoms with Gasteiger partial charge in [-0.25, -0.2) is 0 Å². The Bertz CT molecular complexity index is 501. The van der Waals surface area contributed by atoms with Crippen molar-refractivity contribution in [1.29, 1.82) is 0 Å². The van der Waals surface area contributed by atoms with Crippen LogP contribution in [0, 0.1) is 0 Å². The Balaban J connectivity index is 2.59. The van der Waals surface area contributed by atoms with Crippen LogP contribution in [0.2, 0.25) is 0 Å². The molecule has 0 unspecified atom stereocenters. The molecule has 0 aliphatic carbocycles. The predicted octanol–water partition coefficient (Wildman–Crippen LogP) is 3.94. The summed E-state index contributed by atoms with van der Waals surface area (Å²) in [6, 6.07) is 5.03. The Hall–Kier alpha value is -1.60. The number of nitrogens with one attached hydrogen (secondary N) is 1. The third kappa shape index (κ3) is 8.88. The van der Waals surface area contributed by atoms with E-state index in [0.29, 0.717) is 24.2 Å². The lowest BCUT2D eigenvalue weighted by atomic mass is 10.0. The van der Waals surface area contributed by atoms with Gasteiger partial charge in [0.1, 0.15) is 6.61 Å². The first-order valence-corrected chi connectivity index (χ1v) is 8.76. The molecule has 7 heteroatoms. The highest BCUT2D eigenvalue weighted by molar-refractivity contribution is 6.00. The Kier molecular flexibility index (Phi) is 10.2. The number of benzene rings is 1. The second-order valence-corrected chi connectivity index (χ2v) is 5.75. The zero-order valence-electron chi connectivity index (χ0n) is 14.7. The van der Waals surface area contributed by atoms with Crippen LogP contribution in [0.5, 0.6) is 0 Å². The Morgan fingerprint density at radius 2 is 1.80 bits per heavy atom. The smallest absolute Gasteiger partial charge is 0.394 e. The van der Waals surface area contributed by atoms with Crippen LogP contribution in [-0.4, -0.2) is 32.0 Å². The van der Waals surface area contributed by atoms with Crippen molar-refractivity contribution < 1.29 is 18.0 Å². The van der Waals surface area contributed by atoms with Gasteiger partial charge in [0, 0.05) is 6.54 Å². The van der Waals surface area contributed by atoms with Gasteiger partial charge in [0.25, 0.3) is 0 Å². The molecular formula is C18H28F3N3O. The summed E-state index contributed by atoms with van der Waals surface area (Å²) in [7, 11) is 0. The molecule has 0 amide bonds. The summed E-state index contributed by atoms with van der Waals surface area (Å²) in [5.41, 5.74) is 6.02. The van der Waals surface area contributed by atoms with E-state index < -0.39 is 11.7 Å². The fourth-order valence-corrected chi connectivity index (χ4v) is 2.34. The van der Waals surface area contributed by atoms with Crippen molar-refractivity contribution in [2.75, 3.05) is 26.2 Å². The molecule has 0 fully saturated rings. The third-order valence-corrected chi connectivity index (χ3v) is 3.70. The van der Waals surface area contributed by atoms with Crippen LogP contribution in [-0.2, 0) is 11.0 Å².